The number of benzene rings is 8. The predicted molar refractivity (Wildman–Crippen MR) is 234 cm³/mol. The quantitative estimate of drug-likeness (QED) is 0.179. The first-order valence-electron chi connectivity index (χ1n) is 19.4. The summed E-state index contributed by atoms with van der Waals surface area (Å²) >= 11 is 0. The van der Waals surface area contributed by atoms with Gasteiger partial charge in [-0.15, -0.1) is 0 Å². The largest absolute Gasteiger partial charge is 0.456 e. The molecule has 0 unspecified atom stereocenters. The van der Waals surface area contributed by atoms with E-state index in [2.05, 4.69) is 137 Å². The van der Waals surface area contributed by atoms with E-state index < -0.39 is 0 Å². The van der Waals surface area contributed by atoms with Crippen molar-refractivity contribution in [1.29, 1.82) is 0 Å². The fraction of sp³-hybridized carbons (Fsp3) is 0. The molecule has 0 saturated heterocycles. The minimum absolute atomic E-state index is 0.556. The van der Waals surface area contributed by atoms with Gasteiger partial charge >= 0.3 is 0 Å². The molecule has 270 valence electrons. The van der Waals surface area contributed by atoms with E-state index in [-0.39, 0.29) is 0 Å². The lowest BCUT2D eigenvalue weighted by molar-refractivity contribution is 0.668. The van der Waals surface area contributed by atoms with Gasteiger partial charge in [0.1, 0.15) is 16.7 Å². The molecular formula is C51H29N5O2. The summed E-state index contributed by atoms with van der Waals surface area (Å²) in [5.41, 5.74) is 10.2. The smallest absolute Gasteiger partial charge is 0.238 e. The van der Waals surface area contributed by atoms with Crippen molar-refractivity contribution in [3.8, 4) is 34.4 Å². The first-order chi connectivity index (χ1) is 28.7. The van der Waals surface area contributed by atoms with Crippen LogP contribution in [-0.2, 0) is 0 Å². The van der Waals surface area contributed by atoms with Crippen LogP contribution in [0.3, 0.4) is 0 Å². The van der Waals surface area contributed by atoms with Gasteiger partial charge in [-0.2, -0.15) is 9.97 Å². The van der Waals surface area contributed by atoms with Gasteiger partial charge in [-0.25, -0.2) is 4.98 Å². The zero-order valence-corrected chi connectivity index (χ0v) is 30.8. The van der Waals surface area contributed by atoms with Gasteiger partial charge in [0, 0.05) is 60.3 Å². The van der Waals surface area contributed by atoms with Crippen molar-refractivity contribution in [2.24, 2.45) is 0 Å². The fourth-order valence-corrected chi connectivity index (χ4v) is 8.99. The number of para-hydroxylation sites is 4. The van der Waals surface area contributed by atoms with Crippen LogP contribution in [0.4, 0.5) is 0 Å². The molecule has 0 atom stereocenters. The minimum atomic E-state index is 0.556. The van der Waals surface area contributed by atoms with Crippen molar-refractivity contribution in [2.45, 2.75) is 0 Å². The normalized spacial score (nSPS) is 12.1. The predicted octanol–water partition coefficient (Wildman–Crippen LogP) is 13.2. The third-order valence-corrected chi connectivity index (χ3v) is 11.6. The molecule has 0 fully saturated rings. The van der Waals surface area contributed by atoms with Gasteiger partial charge in [0.05, 0.1) is 27.8 Å². The van der Waals surface area contributed by atoms with Gasteiger partial charge < -0.3 is 13.4 Å². The molecule has 7 nitrogen and oxygen atoms in total. The topological polar surface area (TPSA) is 74.8 Å². The second-order valence-corrected chi connectivity index (χ2v) is 14.8. The summed E-state index contributed by atoms with van der Waals surface area (Å²) in [6, 6.07) is 60.8. The van der Waals surface area contributed by atoms with Crippen LogP contribution in [0.25, 0.3) is 122 Å². The molecule has 0 bridgehead atoms. The molecule has 0 aliphatic rings. The van der Waals surface area contributed by atoms with Crippen molar-refractivity contribution < 1.29 is 8.83 Å². The number of aromatic nitrogens is 5. The molecule has 5 aromatic heterocycles. The summed E-state index contributed by atoms with van der Waals surface area (Å²) < 4.78 is 17.8. The Hall–Kier alpha value is -8.03. The average Bonchev–Trinajstić information content (AvgIpc) is 4.03. The standard InChI is InChI=1S/C51H29N5O2/c1-2-12-30(13-3-1)49-52-50(54-51(53-49)56-42-19-9-4-14-33(42)34-15-5-10-20-43(34)56)31-22-24-37-38-25-23-32(29-46(38)57-45(37)28-31)55-41-18-8-6-16-35(41)39-26-27-40-36-17-7-11-21-44(36)58-48(40)47(39)55/h1-29H. The van der Waals surface area contributed by atoms with E-state index in [1.165, 1.54) is 5.39 Å². The third kappa shape index (κ3) is 4.41. The van der Waals surface area contributed by atoms with E-state index in [1.54, 1.807) is 0 Å². The summed E-state index contributed by atoms with van der Waals surface area (Å²) in [7, 11) is 0. The van der Waals surface area contributed by atoms with Gasteiger partial charge in [-0.3, -0.25) is 4.57 Å². The molecule has 8 aromatic carbocycles. The monoisotopic (exact) mass is 743 g/mol. The zero-order valence-electron chi connectivity index (χ0n) is 30.8. The van der Waals surface area contributed by atoms with E-state index in [9.17, 15) is 0 Å². The number of furan rings is 2. The minimum Gasteiger partial charge on any atom is -0.456 e. The fourth-order valence-electron chi connectivity index (χ4n) is 8.99. The molecule has 7 heteroatoms. The highest BCUT2D eigenvalue weighted by atomic mass is 16.3. The molecule has 0 N–H and O–H groups in total. The maximum atomic E-state index is 6.73. The number of nitrogens with zero attached hydrogens (tertiary/aromatic N) is 5. The van der Waals surface area contributed by atoms with Crippen LogP contribution in [0.15, 0.2) is 185 Å². The third-order valence-electron chi connectivity index (χ3n) is 11.6. The molecule has 0 amide bonds. The summed E-state index contributed by atoms with van der Waals surface area (Å²) in [6.45, 7) is 0. The van der Waals surface area contributed by atoms with Crippen molar-refractivity contribution >= 4 is 87.5 Å². The molecule has 0 aliphatic carbocycles. The van der Waals surface area contributed by atoms with Crippen molar-refractivity contribution in [2.75, 3.05) is 0 Å². The molecular weight excluding hydrogens is 715 g/mol. The Kier molecular flexibility index (Phi) is 6.32. The Bertz CT molecular complexity index is 3760. The van der Waals surface area contributed by atoms with E-state index in [0.29, 0.717) is 17.6 Å². The van der Waals surface area contributed by atoms with Crippen molar-refractivity contribution in [1.82, 2.24) is 24.1 Å². The molecule has 0 radical (unpaired) electrons. The summed E-state index contributed by atoms with van der Waals surface area (Å²) in [4.78, 5) is 15.3. The van der Waals surface area contributed by atoms with Gasteiger partial charge in [-0.05, 0) is 54.6 Å². The van der Waals surface area contributed by atoms with Crippen LogP contribution in [0.1, 0.15) is 0 Å². The Morgan fingerprint density at radius 3 is 1.62 bits per heavy atom. The maximum Gasteiger partial charge on any atom is 0.238 e. The second-order valence-electron chi connectivity index (χ2n) is 14.8. The Morgan fingerprint density at radius 1 is 0.345 bits per heavy atom. The average molecular weight is 744 g/mol. The van der Waals surface area contributed by atoms with Crippen LogP contribution in [-0.4, -0.2) is 24.1 Å². The Labute approximate surface area is 329 Å². The van der Waals surface area contributed by atoms with Gasteiger partial charge in [-0.1, -0.05) is 115 Å². The van der Waals surface area contributed by atoms with Crippen LogP contribution in [0.2, 0.25) is 0 Å². The van der Waals surface area contributed by atoms with Crippen LogP contribution in [0.5, 0.6) is 0 Å². The lowest BCUT2D eigenvalue weighted by Gasteiger charge is -2.10. The summed E-state index contributed by atoms with van der Waals surface area (Å²) in [5, 5.41) is 8.86. The molecule has 13 aromatic rings. The zero-order chi connectivity index (χ0) is 37.9. The highest BCUT2D eigenvalue weighted by molar-refractivity contribution is 6.21. The van der Waals surface area contributed by atoms with Gasteiger partial charge in [0.25, 0.3) is 0 Å². The van der Waals surface area contributed by atoms with Crippen molar-refractivity contribution in [3.63, 3.8) is 0 Å². The number of hydrogen-bond donors (Lipinski definition) is 0. The summed E-state index contributed by atoms with van der Waals surface area (Å²) in [6.07, 6.45) is 0. The molecule has 58 heavy (non-hydrogen) atoms. The first kappa shape index (κ1) is 31.2. The lowest BCUT2D eigenvalue weighted by atomic mass is 10.1. The molecule has 0 spiro atoms. The lowest BCUT2D eigenvalue weighted by Crippen LogP contribution is -2.06. The second kappa shape index (κ2) is 11.7. The molecule has 0 aliphatic heterocycles. The SMILES string of the molecule is c1ccc(-c2nc(-c3ccc4c(c3)oc3cc(-n5c6ccccc6c6ccc7c8ccccc8oc7c65)ccc34)nc(-n3c4ccccc4c4ccccc43)n2)cc1. The van der Waals surface area contributed by atoms with Gasteiger partial charge in [0.2, 0.25) is 5.95 Å². The van der Waals surface area contributed by atoms with E-state index in [4.69, 9.17) is 23.8 Å². The van der Waals surface area contributed by atoms with E-state index in [0.717, 1.165) is 98.9 Å². The van der Waals surface area contributed by atoms with Gasteiger partial charge in [0.15, 0.2) is 17.2 Å². The molecule has 13 rings (SSSR count). The molecule has 0 saturated carbocycles. The van der Waals surface area contributed by atoms with Crippen LogP contribution in [0, 0.1) is 0 Å². The highest BCUT2D eigenvalue weighted by Crippen LogP contribution is 2.41. The van der Waals surface area contributed by atoms with Crippen LogP contribution >= 0.6 is 0 Å². The highest BCUT2D eigenvalue weighted by Gasteiger charge is 2.21. The molecule has 5 heterocycles. The van der Waals surface area contributed by atoms with Crippen molar-refractivity contribution in [3.05, 3.63) is 176 Å². The first-order valence-corrected chi connectivity index (χ1v) is 19.4. The maximum absolute atomic E-state index is 6.73. The van der Waals surface area contributed by atoms with E-state index >= 15 is 0 Å². The van der Waals surface area contributed by atoms with Crippen LogP contribution < -0.4 is 0 Å². The Morgan fingerprint density at radius 2 is 0.879 bits per heavy atom. The number of fused-ring (bicyclic) bond motifs is 13. The summed E-state index contributed by atoms with van der Waals surface area (Å²) in [5.74, 6) is 1.72. The van der Waals surface area contributed by atoms with E-state index in [1.807, 2.05) is 48.5 Å². The Balaban J connectivity index is 0.999. The number of hydrogen-bond acceptors (Lipinski definition) is 5. The number of rotatable bonds is 4.